The fraction of sp³-hybridized carbons (Fsp3) is 0.390. The van der Waals surface area contributed by atoms with E-state index < -0.39 is 19.0 Å². The van der Waals surface area contributed by atoms with Crippen LogP contribution >= 0.6 is 18.9 Å². The lowest BCUT2D eigenvalue weighted by Crippen LogP contribution is -3.00. The highest BCUT2D eigenvalue weighted by atomic mass is 35.5. The number of hydrogen-bond donors (Lipinski definition) is 1. The van der Waals surface area contributed by atoms with Gasteiger partial charge < -0.3 is 36.7 Å². The molecule has 5 aromatic carbocycles. The standard InChI is InChI=1S/C59H69ClN3O6P.ClH/c1-3-4-5-6-7-8-9-10-11-12-22-31-56(64)61-46-33-35-51(54(60)42-46)53-44-58(66)69-55-43-47(34-36-52(53)55)68-45(2)59(67)63-39-37-62(38-40-63)57(65)32-23-24-41-70(48-25-16-13-17-26-48,49-27-18-14-19-28-49)50-29-20-15-21-30-50;/h13-21,25-30,33-36,42-45H,3-12,22-24,31-32,37-41H2,1-2H3;1H/t45-;/m1./s1. The van der Waals surface area contributed by atoms with Gasteiger partial charge in [-0.25, -0.2) is 4.79 Å². The maximum atomic E-state index is 13.7. The highest BCUT2D eigenvalue weighted by molar-refractivity contribution is 7.95. The third kappa shape index (κ3) is 15.0. The number of halogens is 2. The topological polar surface area (TPSA) is 109 Å². The number of unbranched alkanes of at least 4 members (excludes halogenated alkanes) is 11. The zero-order chi connectivity index (χ0) is 49.1. The molecule has 3 amide bonds. The van der Waals surface area contributed by atoms with Gasteiger partial charge in [0.05, 0.1) is 11.2 Å². The van der Waals surface area contributed by atoms with Crippen molar-refractivity contribution in [3.05, 3.63) is 149 Å². The molecule has 1 fully saturated rings. The number of hydrogen-bond acceptors (Lipinski definition) is 6. The van der Waals surface area contributed by atoms with Crippen molar-refractivity contribution in [2.75, 3.05) is 37.7 Å². The molecule has 1 aliphatic heterocycles. The van der Waals surface area contributed by atoms with Crippen molar-refractivity contribution < 1.29 is 35.9 Å². The van der Waals surface area contributed by atoms with E-state index in [1.807, 2.05) is 4.90 Å². The summed E-state index contributed by atoms with van der Waals surface area (Å²) >= 11 is 6.79. The smallest absolute Gasteiger partial charge is 0.336 e. The van der Waals surface area contributed by atoms with Gasteiger partial charge in [0.15, 0.2) is 6.10 Å². The number of piperazine rings is 1. The Hall–Kier alpha value is -5.47. The van der Waals surface area contributed by atoms with Crippen LogP contribution in [0.1, 0.15) is 110 Å². The zero-order valence-electron chi connectivity index (χ0n) is 41.5. The van der Waals surface area contributed by atoms with E-state index >= 15 is 0 Å². The number of carbonyl (C=O) groups is 3. The predicted molar refractivity (Wildman–Crippen MR) is 290 cm³/mol. The van der Waals surface area contributed by atoms with E-state index in [1.165, 1.54) is 73.3 Å². The number of anilines is 1. The minimum absolute atomic E-state index is 0. The summed E-state index contributed by atoms with van der Waals surface area (Å²) in [6.07, 6.45) is 16.2. The molecular weight excluding hydrogens is 949 g/mol. The van der Waals surface area contributed by atoms with Crippen LogP contribution in [0.2, 0.25) is 5.02 Å². The number of ether oxygens (including phenoxy) is 1. The average Bonchev–Trinajstić information content (AvgIpc) is 3.38. The average molecular weight is 1020 g/mol. The van der Waals surface area contributed by atoms with Crippen molar-refractivity contribution in [2.45, 2.75) is 116 Å². The van der Waals surface area contributed by atoms with Crippen LogP contribution in [0.3, 0.4) is 0 Å². The van der Waals surface area contributed by atoms with Gasteiger partial charge in [0.1, 0.15) is 34.5 Å². The molecule has 0 unspecified atom stereocenters. The fourth-order valence-corrected chi connectivity index (χ4v) is 14.5. The Balaban J connectivity index is 0.00000825. The molecule has 0 saturated carbocycles. The van der Waals surface area contributed by atoms with Gasteiger partial charge in [0.2, 0.25) is 11.8 Å². The number of amides is 3. The molecular formula is C59H70Cl2N3O6P. The van der Waals surface area contributed by atoms with E-state index in [2.05, 4.69) is 103 Å². The van der Waals surface area contributed by atoms with Gasteiger partial charge >= 0.3 is 5.63 Å². The van der Waals surface area contributed by atoms with Crippen molar-refractivity contribution in [1.29, 1.82) is 0 Å². The summed E-state index contributed by atoms with van der Waals surface area (Å²) in [4.78, 5) is 56.4. The van der Waals surface area contributed by atoms with E-state index in [0.717, 1.165) is 38.3 Å². The summed E-state index contributed by atoms with van der Waals surface area (Å²) in [6.45, 7) is 5.72. The van der Waals surface area contributed by atoms with Crippen LogP contribution in [0.4, 0.5) is 5.69 Å². The van der Waals surface area contributed by atoms with Gasteiger partial charge in [0.25, 0.3) is 5.91 Å². The van der Waals surface area contributed by atoms with E-state index in [1.54, 1.807) is 48.2 Å². The third-order valence-corrected chi connectivity index (χ3v) is 18.4. The number of benzene rings is 5. The molecule has 1 aromatic heterocycles. The molecule has 0 spiro atoms. The molecule has 2 heterocycles. The van der Waals surface area contributed by atoms with Gasteiger partial charge in [-0.15, -0.1) is 0 Å². The van der Waals surface area contributed by atoms with E-state index in [-0.39, 0.29) is 30.1 Å². The molecule has 7 rings (SSSR count). The Bertz CT molecular complexity index is 2580. The molecule has 1 saturated heterocycles. The van der Waals surface area contributed by atoms with Gasteiger partial charge in [-0.05, 0) is 86.8 Å². The normalized spacial score (nSPS) is 13.1. The van der Waals surface area contributed by atoms with Gasteiger partial charge in [0, 0.05) is 73.4 Å². The first-order valence-corrected chi connectivity index (χ1v) is 28.0. The summed E-state index contributed by atoms with van der Waals surface area (Å²) in [5.74, 6) is 0.270. The molecule has 1 atom stereocenters. The number of nitrogens with zero attached hydrogens (tertiary/aromatic N) is 2. The molecule has 71 heavy (non-hydrogen) atoms. The molecule has 1 N–H and O–H groups in total. The minimum atomic E-state index is -1.96. The first-order valence-electron chi connectivity index (χ1n) is 25.6. The summed E-state index contributed by atoms with van der Waals surface area (Å²) < 4.78 is 11.7. The Morgan fingerprint density at radius 2 is 1.17 bits per heavy atom. The maximum Gasteiger partial charge on any atom is 0.336 e. The van der Waals surface area contributed by atoms with Crippen molar-refractivity contribution >= 4 is 69.2 Å². The first kappa shape index (κ1) is 54.9. The fourth-order valence-electron chi connectivity index (χ4n) is 9.78. The van der Waals surface area contributed by atoms with E-state index in [0.29, 0.717) is 77.6 Å². The quantitative estimate of drug-likeness (QED) is 0.0348. The summed E-state index contributed by atoms with van der Waals surface area (Å²) in [6, 6.07) is 44.3. The summed E-state index contributed by atoms with van der Waals surface area (Å²) in [7, 11) is -1.96. The Morgan fingerprint density at radius 3 is 1.73 bits per heavy atom. The van der Waals surface area contributed by atoms with E-state index in [4.69, 9.17) is 20.8 Å². The molecule has 12 heteroatoms. The summed E-state index contributed by atoms with van der Waals surface area (Å²) in [5, 5.41) is 8.03. The molecule has 1 aliphatic rings. The van der Waals surface area contributed by atoms with Crippen LogP contribution in [-0.4, -0.2) is 66.0 Å². The van der Waals surface area contributed by atoms with Crippen molar-refractivity contribution in [3.63, 3.8) is 0 Å². The number of carbonyl (C=O) groups excluding carboxylic acids is 3. The van der Waals surface area contributed by atoms with Crippen molar-refractivity contribution in [1.82, 2.24) is 9.80 Å². The predicted octanol–water partition coefficient (Wildman–Crippen LogP) is 9.36. The Kier molecular flexibility index (Phi) is 21.6. The second-order valence-corrected chi connectivity index (χ2v) is 22.7. The third-order valence-electron chi connectivity index (χ3n) is 13.6. The van der Waals surface area contributed by atoms with Crippen LogP contribution in [0.5, 0.6) is 5.75 Å². The second-order valence-electron chi connectivity index (χ2n) is 18.6. The van der Waals surface area contributed by atoms with Gasteiger partial charge in [-0.2, -0.15) is 0 Å². The second kappa shape index (κ2) is 28.0. The van der Waals surface area contributed by atoms with Gasteiger partial charge in [-0.3, -0.25) is 14.4 Å². The SMILES string of the molecule is CCCCCCCCCCCCCC(=O)Nc1ccc(-c2cc(=O)oc3cc(O[C@H](C)C(=O)N4CCN(C(=O)CCCC[P+](c5ccccc5)(c5ccccc5)c5ccccc5)CC4)ccc23)c(Cl)c1.[Cl-]. The lowest BCUT2D eigenvalue weighted by molar-refractivity contribution is -0.143. The largest absolute Gasteiger partial charge is 1.00 e. The maximum absolute atomic E-state index is 13.7. The Morgan fingerprint density at radius 1 is 0.634 bits per heavy atom. The molecule has 0 radical (unpaired) electrons. The van der Waals surface area contributed by atoms with Crippen molar-refractivity contribution in [2.24, 2.45) is 0 Å². The highest BCUT2D eigenvalue weighted by Crippen LogP contribution is 2.56. The van der Waals surface area contributed by atoms with Crippen LogP contribution in [0, 0.1) is 0 Å². The molecule has 0 bridgehead atoms. The van der Waals surface area contributed by atoms with Crippen molar-refractivity contribution in [3.8, 4) is 16.9 Å². The lowest BCUT2D eigenvalue weighted by atomic mass is 10.0. The number of fused-ring (bicyclic) bond motifs is 1. The van der Waals surface area contributed by atoms with Crippen LogP contribution in [0.25, 0.3) is 22.1 Å². The molecule has 9 nitrogen and oxygen atoms in total. The monoisotopic (exact) mass is 1020 g/mol. The van der Waals surface area contributed by atoms with Crippen LogP contribution in [-0.2, 0) is 14.4 Å². The minimum Gasteiger partial charge on any atom is -1.00 e. The molecule has 6 aromatic rings. The number of rotatable bonds is 25. The Labute approximate surface area is 432 Å². The first-order chi connectivity index (χ1) is 34.2. The highest BCUT2D eigenvalue weighted by Gasteiger charge is 2.44. The summed E-state index contributed by atoms with van der Waals surface area (Å²) in [5.41, 5.74) is 1.53. The van der Waals surface area contributed by atoms with Gasteiger partial charge in [-0.1, -0.05) is 143 Å². The molecule has 376 valence electrons. The number of nitrogens with one attached hydrogen (secondary N) is 1. The van der Waals surface area contributed by atoms with Crippen LogP contribution < -0.4 is 44.0 Å². The van der Waals surface area contributed by atoms with Crippen LogP contribution in [0.15, 0.2) is 143 Å². The lowest BCUT2D eigenvalue weighted by Gasteiger charge is -2.36. The zero-order valence-corrected chi connectivity index (χ0v) is 43.9. The molecule has 0 aliphatic carbocycles. The van der Waals surface area contributed by atoms with E-state index in [9.17, 15) is 19.2 Å².